The summed E-state index contributed by atoms with van der Waals surface area (Å²) in [6.45, 7) is 1.96. The number of aromatic nitrogens is 4. The van der Waals surface area contributed by atoms with Crippen molar-refractivity contribution in [1.82, 2.24) is 19.4 Å². The Balaban J connectivity index is 1.80. The van der Waals surface area contributed by atoms with Gasteiger partial charge in [0.05, 0.1) is 24.7 Å². The molecule has 3 heterocycles. The second-order valence-corrected chi connectivity index (χ2v) is 5.69. The third-order valence-electron chi connectivity index (χ3n) is 4.11. The summed E-state index contributed by atoms with van der Waals surface area (Å²) in [5.74, 6) is 1.17. The van der Waals surface area contributed by atoms with Gasteiger partial charge in [0.15, 0.2) is 5.82 Å². The molecule has 4 aromatic rings. The summed E-state index contributed by atoms with van der Waals surface area (Å²) < 4.78 is 7.17. The Labute approximate surface area is 145 Å². The highest BCUT2D eigenvalue weighted by Gasteiger charge is 2.15. The van der Waals surface area contributed by atoms with E-state index in [0.29, 0.717) is 17.2 Å². The van der Waals surface area contributed by atoms with Crippen molar-refractivity contribution in [2.75, 3.05) is 12.8 Å². The topological polar surface area (TPSA) is 78.3 Å². The van der Waals surface area contributed by atoms with Gasteiger partial charge in [0.2, 0.25) is 0 Å². The van der Waals surface area contributed by atoms with E-state index in [0.717, 1.165) is 28.3 Å². The minimum absolute atomic E-state index is 0.382. The maximum atomic E-state index is 6.19. The number of nitrogens with zero attached hydrogens (tertiary/aromatic N) is 4. The quantitative estimate of drug-likeness (QED) is 0.623. The highest BCUT2D eigenvalue weighted by molar-refractivity contribution is 5.73. The van der Waals surface area contributed by atoms with Crippen LogP contribution in [0.15, 0.2) is 54.9 Å². The summed E-state index contributed by atoms with van der Waals surface area (Å²) in [6, 6.07) is 13.5. The second kappa shape index (κ2) is 5.90. The lowest BCUT2D eigenvalue weighted by Gasteiger charge is -2.08. The first-order chi connectivity index (χ1) is 12.2. The summed E-state index contributed by atoms with van der Waals surface area (Å²) in [6.07, 6.45) is 3.69. The van der Waals surface area contributed by atoms with E-state index in [2.05, 4.69) is 15.0 Å². The van der Waals surface area contributed by atoms with Gasteiger partial charge in [-0.05, 0) is 43.3 Å². The van der Waals surface area contributed by atoms with Crippen LogP contribution in [0.25, 0.3) is 28.3 Å². The van der Waals surface area contributed by atoms with E-state index in [1.54, 1.807) is 13.3 Å². The maximum Gasteiger partial charge on any atom is 0.150 e. The van der Waals surface area contributed by atoms with Gasteiger partial charge in [0, 0.05) is 11.8 Å². The van der Waals surface area contributed by atoms with Crippen molar-refractivity contribution in [2.45, 2.75) is 6.92 Å². The molecule has 3 aromatic heterocycles. The molecule has 0 fully saturated rings. The maximum absolute atomic E-state index is 6.19. The van der Waals surface area contributed by atoms with E-state index < -0.39 is 0 Å². The Morgan fingerprint density at radius 1 is 1.04 bits per heavy atom. The Morgan fingerprint density at radius 2 is 1.84 bits per heavy atom. The van der Waals surface area contributed by atoms with Crippen LogP contribution in [-0.2, 0) is 0 Å². The van der Waals surface area contributed by atoms with Crippen LogP contribution in [0.4, 0.5) is 5.82 Å². The number of methoxy groups -OCH3 is 1. The average Bonchev–Trinajstić information content (AvgIpc) is 2.97. The summed E-state index contributed by atoms with van der Waals surface area (Å²) in [5.41, 5.74) is 11.1. The van der Waals surface area contributed by atoms with Gasteiger partial charge in [-0.25, -0.2) is 9.97 Å². The summed E-state index contributed by atoms with van der Waals surface area (Å²) >= 11 is 0. The SMILES string of the molecule is COc1ccc(-c2ncc(-c3c(C)nc4ccccn34)nc2N)cc1. The molecule has 0 atom stereocenters. The zero-order valence-corrected chi connectivity index (χ0v) is 14.0. The smallest absolute Gasteiger partial charge is 0.150 e. The molecule has 0 saturated heterocycles. The van der Waals surface area contributed by atoms with Crippen LogP contribution in [0.3, 0.4) is 0 Å². The lowest BCUT2D eigenvalue weighted by atomic mass is 10.1. The molecule has 4 rings (SSSR count). The molecule has 124 valence electrons. The number of hydrogen-bond acceptors (Lipinski definition) is 5. The van der Waals surface area contributed by atoms with E-state index >= 15 is 0 Å². The predicted octanol–water partition coefficient (Wildman–Crippen LogP) is 3.36. The molecule has 0 amide bonds. The summed E-state index contributed by atoms with van der Waals surface area (Å²) in [4.78, 5) is 13.7. The fraction of sp³-hybridized carbons (Fsp3) is 0.105. The fourth-order valence-corrected chi connectivity index (χ4v) is 2.91. The van der Waals surface area contributed by atoms with E-state index in [1.807, 2.05) is 60.0 Å². The number of fused-ring (bicyclic) bond motifs is 1. The van der Waals surface area contributed by atoms with Gasteiger partial charge < -0.3 is 10.5 Å². The third kappa shape index (κ3) is 2.57. The van der Waals surface area contributed by atoms with Crippen molar-refractivity contribution in [2.24, 2.45) is 0 Å². The van der Waals surface area contributed by atoms with Crippen LogP contribution in [0, 0.1) is 6.92 Å². The number of imidazole rings is 1. The number of aryl methyl sites for hydroxylation is 1. The largest absolute Gasteiger partial charge is 0.497 e. The van der Waals surface area contributed by atoms with Gasteiger partial charge in [0.1, 0.15) is 22.8 Å². The molecule has 25 heavy (non-hydrogen) atoms. The number of pyridine rings is 1. The van der Waals surface area contributed by atoms with E-state index in [-0.39, 0.29) is 0 Å². The standard InChI is InChI=1S/C19H17N5O/c1-12-18(24-10-4-3-5-16(24)22-12)15-11-21-17(19(20)23-15)13-6-8-14(25-2)9-7-13/h3-11H,1-2H3,(H2,20,23). The molecule has 0 aliphatic heterocycles. The van der Waals surface area contributed by atoms with Crippen LogP contribution in [-0.4, -0.2) is 26.5 Å². The number of hydrogen-bond donors (Lipinski definition) is 1. The molecule has 0 radical (unpaired) electrons. The minimum atomic E-state index is 0.382. The molecule has 6 nitrogen and oxygen atoms in total. The van der Waals surface area contributed by atoms with Crippen molar-refractivity contribution in [3.05, 3.63) is 60.6 Å². The van der Waals surface area contributed by atoms with Crippen molar-refractivity contribution in [3.63, 3.8) is 0 Å². The van der Waals surface area contributed by atoms with Crippen molar-refractivity contribution >= 4 is 11.5 Å². The molecular formula is C19H17N5O. The van der Waals surface area contributed by atoms with Crippen LogP contribution in [0.5, 0.6) is 5.75 Å². The summed E-state index contributed by atoms with van der Waals surface area (Å²) in [5, 5.41) is 0. The molecule has 0 aliphatic rings. The molecule has 0 bridgehead atoms. The number of benzene rings is 1. The average molecular weight is 331 g/mol. The Hall–Kier alpha value is -3.41. The fourth-order valence-electron chi connectivity index (χ4n) is 2.91. The first kappa shape index (κ1) is 15.1. The highest BCUT2D eigenvalue weighted by Crippen LogP contribution is 2.28. The highest BCUT2D eigenvalue weighted by atomic mass is 16.5. The zero-order valence-electron chi connectivity index (χ0n) is 14.0. The molecule has 2 N–H and O–H groups in total. The van der Waals surface area contributed by atoms with Crippen molar-refractivity contribution in [1.29, 1.82) is 0 Å². The van der Waals surface area contributed by atoms with E-state index in [9.17, 15) is 0 Å². The van der Waals surface area contributed by atoms with E-state index in [4.69, 9.17) is 10.5 Å². The summed E-state index contributed by atoms with van der Waals surface area (Å²) in [7, 11) is 1.64. The number of nitrogens with two attached hydrogens (primary N) is 1. The number of anilines is 1. The Kier molecular flexibility index (Phi) is 3.57. The van der Waals surface area contributed by atoms with Gasteiger partial charge >= 0.3 is 0 Å². The predicted molar refractivity (Wildman–Crippen MR) is 97.4 cm³/mol. The number of ether oxygens (including phenoxy) is 1. The van der Waals surface area contributed by atoms with Gasteiger partial charge in [-0.15, -0.1) is 0 Å². The number of rotatable bonds is 3. The number of nitrogen functional groups attached to an aromatic ring is 1. The third-order valence-corrected chi connectivity index (χ3v) is 4.11. The molecule has 0 aliphatic carbocycles. The van der Waals surface area contributed by atoms with Gasteiger partial charge in [-0.1, -0.05) is 6.07 Å². The monoisotopic (exact) mass is 331 g/mol. The van der Waals surface area contributed by atoms with Crippen molar-refractivity contribution in [3.8, 4) is 28.4 Å². The van der Waals surface area contributed by atoms with Crippen molar-refractivity contribution < 1.29 is 4.74 Å². The lowest BCUT2D eigenvalue weighted by molar-refractivity contribution is 0.415. The molecule has 6 heteroatoms. The Morgan fingerprint density at radius 3 is 2.56 bits per heavy atom. The normalized spacial score (nSPS) is 11.0. The molecule has 1 aromatic carbocycles. The molecule has 0 spiro atoms. The molecule has 0 saturated carbocycles. The lowest BCUT2D eigenvalue weighted by Crippen LogP contribution is -2.01. The first-order valence-corrected chi connectivity index (χ1v) is 7.88. The Bertz CT molecular complexity index is 1050. The van der Waals surface area contributed by atoms with Crippen LogP contribution in [0.2, 0.25) is 0 Å². The van der Waals surface area contributed by atoms with E-state index in [1.165, 1.54) is 0 Å². The van der Waals surface area contributed by atoms with Gasteiger partial charge in [-0.2, -0.15) is 0 Å². The van der Waals surface area contributed by atoms with Gasteiger partial charge in [0.25, 0.3) is 0 Å². The molecule has 0 unspecified atom stereocenters. The van der Waals surface area contributed by atoms with Crippen LogP contribution < -0.4 is 10.5 Å². The molecular weight excluding hydrogens is 314 g/mol. The van der Waals surface area contributed by atoms with Crippen LogP contribution >= 0.6 is 0 Å². The first-order valence-electron chi connectivity index (χ1n) is 7.88. The second-order valence-electron chi connectivity index (χ2n) is 5.69. The van der Waals surface area contributed by atoms with Crippen LogP contribution in [0.1, 0.15) is 5.69 Å². The minimum Gasteiger partial charge on any atom is -0.497 e. The van der Waals surface area contributed by atoms with Gasteiger partial charge in [-0.3, -0.25) is 9.38 Å². The zero-order chi connectivity index (χ0) is 17.4.